The smallest absolute Gasteiger partial charge is 0.317 e. The Morgan fingerprint density at radius 2 is 2.00 bits per heavy atom. The number of aliphatic carboxylic acids is 1. The Labute approximate surface area is 146 Å². The molecule has 0 aromatic heterocycles. The summed E-state index contributed by atoms with van der Waals surface area (Å²) in [5.74, 6) is -1.72. The summed E-state index contributed by atoms with van der Waals surface area (Å²) in [6.07, 6.45) is 2.84. The molecule has 7 heteroatoms. The van der Waals surface area contributed by atoms with Gasteiger partial charge in [-0.05, 0) is 43.4 Å². The first-order chi connectivity index (χ1) is 12.0. The van der Waals surface area contributed by atoms with Crippen LogP contribution in [0.4, 0.5) is 9.18 Å². The number of carboxylic acids is 1. The van der Waals surface area contributed by atoms with Gasteiger partial charge in [0.25, 0.3) is 0 Å². The Morgan fingerprint density at radius 1 is 1.24 bits per heavy atom. The summed E-state index contributed by atoms with van der Waals surface area (Å²) in [5, 5.41) is 12.2. The highest BCUT2D eigenvalue weighted by atomic mass is 19.1. The molecule has 2 saturated heterocycles. The van der Waals surface area contributed by atoms with Gasteiger partial charge < -0.3 is 20.1 Å². The second-order valence-corrected chi connectivity index (χ2v) is 6.65. The first-order valence-corrected chi connectivity index (χ1v) is 8.70. The number of carbonyl (C=O) groups is 2. The predicted octanol–water partition coefficient (Wildman–Crippen LogP) is 2.55. The van der Waals surface area contributed by atoms with Crippen LogP contribution in [0.25, 0.3) is 0 Å². The van der Waals surface area contributed by atoms with E-state index in [1.807, 2.05) is 0 Å². The lowest BCUT2D eigenvalue weighted by atomic mass is 9.98. The van der Waals surface area contributed by atoms with Crippen LogP contribution in [0.2, 0.25) is 0 Å². The van der Waals surface area contributed by atoms with Crippen LogP contribution in [0.5, 0.6) is 0 Å². The van der Waals surface area contributed by atoms with Gasteiger partial charge in [0.05, 0.1) is 18.1 Å². The van der Waals surface area contributed by atoms with Crippen LogP contribution in [-0.2, 0) is 9.53 Å². The molecule has 1 aromatic carbocycles. The molecule has 2 aliphatic rings. The molecule has 3 rings (SSSR count). The van der Waals surface area contributed by atoms with Crippen LogP contribution in [-0.4, -0.2) is 47.8 Å². The van der Waals surface area contributed by atoms with Gasteiger partial charge in [-0.15, -0.1) is 0 Å². The molecular formula is C18H23FN2O4. The minimum absolute atomic E-state index is 0.158. The number of rotatable bonds is 4. The zero-order chi connectivity index (χ0) is 17.8. The summed E-state index contributed by atoms with van der Waals surface area (Å²) >= 11 is 0. The number of nitrogens with zero attached hydrogens (tertiary/aromatic N) is 1. The first-order valence-electron chi connectivity index (χ1n) is 8.70. The van der Waals surface area contributed by atoms with Gasteiger partial charge in [-0.25, -0.2) is 9.18 Å². The first kappa shape index (κ1) is 17.7. The van der Waals surface area contributed by atoms with Gasteiger partial charge in [-0.2, -0.15) is 0 Å². The molecule has 136 valence electrons. The minimum Gasteiger partial charge on any atom is -0.481 e. The number of carbonyl (C=O) groups excluding carboxylic acids is 1. The summed E-state index contributed by atoms with van der Waals surface area (Å²) in [6.45, 7) is 1.39. The molecule has 3 atom stereocenters. The average Bonchev–Trinajstić information content (AvgIpc) is 3.15. The molecule has 2 fully saturated rings. The normalized spacial score (nSPS) is 24.8. The summed E-state index contributed by atoms with van der Waals surface area (Å²) in [5.41, 5.74) is 0.786. The van der Waals surface area contributed by atoms with E-state index in [2.05, 4.69) is 5.32 Å². The van der Waals surface area contributed by atoms with Crippen molar-refractivity contribution < 1.29 is 23.8 Å². The lowest BCUT2D eigenvalue weighted by molar-refractivity contribution is -0.143. The zero-order valence-electron chi connectivity index (χ0n) is 14.0. The number of likely N-dealkylation sites (tertiary alicyclic amines) is 1. The lowest BCUT2D eigenvalue weighted by Crippen LogP contribution is -2.49. The van der Waals surface area contributed by atoms with Gasteiger partial charge in [-0.3, -0.25) is 4.79 Å². The van der Waals surface area contributed by atoms with E-state index in [1.54, 1.807) is 17.0 Å². The van der Waals surface area contributed by atoms with Crippen molar-refractivity contribution in [3.8, 4) is 0 Å². The van der Waals surface area contributed by atoms with Crippen molar-refractivity contribution in [2.24, 2.45) is 5.92 Å². The lowest BCUT2D eigenvalue weighted by Gasteiger charge is -2.33. The van der Waals surface area contributed by atoms with Gasteiger partial charge in [-0.1, -0.05) is 12.1 Å². The van der Waals surface area contributed by atoms with Crippen LogP contribution in [0.3, 0.4) is 0 Å². The standard InChI is InChI=1S/C18H23FN2O4/c19-14-7-5-12(6-8-14)16(15-4-2-10-25-15)20-18(24)21-9-1-3-13(11-21)17(22)23/h5-8,13,15-16H,1-4,9-11H2,(H,20,24)(H,22,23). The topological polar surface area (TPSA) is 78.9 Å². The fourth-order valence-electron chi connectivity index (χ4n) is 3.51. The number of benzene rings is 1. The fourth-order valence-corrected chi connectivity index (χ4v) is 3.51. The molecule has 0 radical (unpaired) electrons. The number of hydrogen-bond donors (Lipinski definition) is 2. The summed E-state index contributed by atoms with van der Waals surface area (Å²) in [6, 6.07) is 5.36. The monoisotopic (exact) mass is 350 g/mol. The molecule has 3 unspecified atom stereocenters. The molecular weight excluding hydrogens is 327 g/mol. The van der Waals surface area contributed by atoms with Gasteiger partial charge in [0.2, 0.25) is 0 Å². The quantitative estimate of drug-likeness (QED) is 0.875. The maximum Gasteiger partial charge on any atom is 0.317 e. The number of ether oxygens (including phenoxy) is 1. The third-order valence-corrected chi connectivity index (χ3v) is 4.90. The Balaban J connectivity index is 1.72. The van der Waals surface area contributed by atoms with E-state index in [1.165, 1.54) is 12.1 Å². The molecule has 1 aromatic rings. The predicted molar refractivity (Wildman–Crippen MR) is 88.6 cm³/mol. The number of nitrogens with one attached hydrogen (secondary N) is 1. The van der Waals surface area contributed by atoms with Crippen molar-refractivity contribution >= 4 is 12.0 Å². The number of amides is 2. The second kappa shape index (κ2) is 7.82. The van der Waals surface area contributed by atoms with Crippen LogP contribution in [0.1, 0.15) is 37.3 Å². The van der Waals surface area contributed by atoms with E-state index in [4.69, 9.17) is 4.74 Å². The molecule has 0 aliphatic carbocycles. The second-order valence-electron chi connectivity index (χ2n) is 6.65. The largest absolute Gasteiger partial charge is 0.481 e. The van der Waals surface area contributed by atoms with E-state index in [0.717, 1.165) is 18.4 Å². The number of hydrogen-bond acceptors (Lipinski definition) is 3. The van der Waals surface area contributed by atoms with Crippen molar-refractivity contribution in [2.75, 3.05) is 19.7 Å². The molecule has 0 spiro atoms. The molecule has 0 saturated carbocycles. The van der Waals surface area contributed by atoms with Gasteiger partial charge in [0, 0.05) is 19.7 Å². The Bertz CT molecular complexity index is 616. The van der Waals surface area contributed by atoms with Gasteiger partial charge >= 0.3 is 12.0 Å². The number of halogens is 1. The van der Waals surface area contributed by atoms with Crippen LogP contribution in [0, 0.1) is 11.7 Å². The summed E-state index contributed by atoms with van der Waals surface area (Å²) < 4.78 is 18.9. The van der Waals surface area contributed by atoms with Crippen molar-refractivity contribution in [1.29, 1.82) is 0 Å². The average molecular weight is 350 g/mol. The Hall–Kier alpha value is -2.15. The summed E-state index contributed by atoms with van der Waals surface area (Å²) in [7, 11) is 0. The highest BCUT2D eigenvalue weighted by Crippen LogP contribution is 2.28. The number of carboxylic acid groups (broad SMARTS) is 1. The van der Waals surface area contributed by atoms with E-state index < -0.39 is 11.9 Å². The van der Waals surface area contributed by atoms with E-state index in [9.17, 15) is 19.1 Å². The summed E-state index contributed by atoms with van der Waals surface area (Å²) in [4.78, 5) is 25.4. The third-order valence-electron chi connectivity index (χ3n) is 4.90. The molecule has 0 bridgehead atoms. The maximum absolute atomic E-state index is 13.2. The number of urea groups is 1. The van der Waals surface area contributed by atoms with E-state index in [-0.39, 0.29) is 30.5 Å². The van der Waals surface area contributed by atoms with Crippen molar-refractivity contribution in [3.05, 3.63) is 35.6 Å². The molecule has 6 nitrogen and oxygen atoms in total. The van der Waals surface area contributed by atoms with Crippen molar-refractivity contribution in [1.82, 2.24) is 10.2 Å². The Kier molecular flexibility index (Phi) is 5.53. The van der Waals surface area contributed by atoms with Gasteiger partial charge in [0.15, 0.2) is 0 Å². The van der Waals surface area contributed by atoms with Crippen LogP contribution < -0.4 is 5.32 Å². The number of piperidine rings is 1. The van der Waals surface area contributed by atoms with Crippen LogP contribution in [0.15, 0.2) is 24.3 Å². The highest BCUT2D eigenvalue weighted by molar-refractivity contribution is 5.77. The van der Waals surface area contributed by atoms with Crippen molar-refractivity contribution in [2.45, 2.75) is 37.8 Å². The SMILES string of the molecule is O=C(O)C1CCCN(C(=O)NC(c2ccc(F)cc2)C2CCCO2)C1. The Morgan fingerprint density at radius 3 is 2.64 bits per heavy atom. The molecule has 2 amide bonds. The zero-order valence-corrected chi connectivity index (χ0v) is 14.0. The fraction of sp³-hybridized carbons (Fsp3) is 0.556. The molecule has 2 N–H and O–H groups in total. The van der Waals surface area contributed by atoms with Crippen molar-refractivity contribution in [3.63, 3.8) is 0 Å². The molecule has 25 heavy (non-hydrogen) atoms. The van der Waals surface area contributed by atoms with E-state index >= 15 is 0 Å². The molecule has 2 heterocycles. The highest BCUT2D eigenvalue weighted by Gasteiger charge is 2.33. The molecule has 2 aliphatic heterocycles. The van der Waals surface area contributed by atoms with Crippen LogP contribution >= 0.6 is 0 Å². The van der Waals surface area contributed by atoms with Gasteiger partial charge in [0.1, 0.15) is 5.82 Å². The van der Waals surface area contributed by atoms with E-state index in [0.29, 0.717) is 26.0 Å². The minimum atomic E-state index is -0.869. The third kappa shape index (κ3) is 4.28. The maximum atomic E-state index is 13.2.